The maximum absolute atomic E-state index is 12.9. The number of nitrogens with zero attached hydrogens (tertiary/aromatic N) is 1. The standard InChI is InChI=1S/C20H18FN3O3/c1-26-19-11-15(12-23-24-20(25)17-3-2-10-22-17)6-9-18(19)27-13-14-4-7-16(21)8-5-14/h2-12,22H,13H2,1H3,(H,24,25)/b23-12-. The zero-order chi connectivity index (χ0) is 19.1. The fourth-order valence-corrected chi connectivity index (χ4v) is 2.32. The molecule has 3 aromatic rings. The van der Waals surface area contributed by atoms with Gasteiger partial charge in [0.05, 0.1) is 13.3 Å². The molecule has 0 aliphatic rings. The van der Waals surface area contributed by atoms with Gasteiger partial charge in [-0.15, -0.1) is 0 Å². The number of nitrogens with one attached hydrogen (secondary N) is 2. The molecule has 0 aliphatic heterocycles. The van der Waals surface area contributed by atoms with Crippen molar-refractivity contribution in [2.24, 2.45) is 5.10 Å². The van der Waals surface area contributed by atoms with Gasteiger partial charge in [0.1, 0.15) is 18.1 Å². The summed E-state index contributed by atoms with van der Waals surface area (Å²) in [6.07, 6.45) is 3.17. The van der Waals surface area contributed by atoms with Gasteiger partial charge in [0.25, 0.3) is 5.91 Å². The predicted molar refractivity (Wildman–Crippen MR) is 99.6 cm³/mol. The summed E-state index contributed by atoms with van der Waals surface area (Å²) in [4.78, 5) is 14.6. The van der Waals surface area contributed by atoms with Crippen LogP contribution in [0.4, 0.5) is 4.39 Å². The van der Waals surface area contributed by atoms with Crippen molar-refractivity contribution in [2.45, 2.75) is 6.61 Å². The van der Waals surface area contributed by atoms with E-state index in [1.807, 2.05) is 0 Å². The Hall–Kier alpha value is -3.61. The topological polar surface area (TPSA) is 75.7 Å². The first-order valence-electron chi connectivity index (χ1n) is 8.18. The van der Waals surface area contributed by atoms with Gasteiger partial charge in [-0.05, 0) is 53.6 Å². The second kappa shape index (κ2) is 8.66. The van der Waals surface area contributed by atoms with Crippen LogP contribution in [0.15, 0.2) is 65.9 Å². The minimum atomic E-state index is -0.331. The Morgan fingerprint density at radius 2 is 2.00 bits per heavy atom. The van der Waals surface area contributed by atoms with E-state index < -0.39 is 0 Å². The summed E-state index contributed by atoms with van der Waals surface area (Å²) in [5, 5.41) is 3.93. The van der Waals surface area contributed by atoms with E-state index in [4.69, 9.17) is 9.47 Å². The van der Waals surface area contributed by atoms with Gasteiger partial charge in [-0.1, -0.05) is 12.1 Å². The summed E-state index contributed by atoms with van der Waals surface area (Å²) >= 11 is 0. The predicted octanol–water partition coefficient (Wildman–Crippen LogP) is 3.51. The number of aromatic amines is 1. The van der Waals surface area contributed by atoms with Gasteiger partial charge in [-0.2, -0.15) is 5.10 Å². The summed E-state index contributed by atoms with van der Waals surface area (Å²) in [7, 11) is 1.54. The lowest BCUT2D eigenvalue weighted by Crippen LogP contribution is -2.17. The van der Waals surface area contributed by atoms with E-state index in [2.05, 4.69) is 15.5 Å². The van der Waals surface area contributed by atoms with Crippen molar-refractivity contribution in [2.75, 3.05) is 7.11 Å². The SMILES string of the molecule is COc1cc(/C=N\NC(=O)c2ccc[nH]2)ccc1OCc1ccc(F)cc1. The van der Waals surface area contributed by atoms with E-state index in [0.717, 1.165) is 11.1 Å². The summed E-state index contributed by atoms with van der Waals surface area (Å²) in [5.74, 6) is 0.456. The average Bonchev–Trinajstić information content (AvgIpc) is 3.23. The van der Waals surface area contributed by atoms with E-state index in [1.54, 1.807) is 48.7 Å². The average molecular weight is 367 g/mol. The third kappa shape index (κ3) is 4.94. The Morgan fingerprint density at radius 1 is 1.19 bits per heavy atom. The molecule has 0 aliphatic carbocycles. The maximum Gasteiger partial charge on any atom is 0.287 e. The Morgan fingerprint density at radius 3 is 2.70 bits per heavy atom. The van der Waals surface area contributed by atoms with Gasteiger partial charge >= 0.3 is 0 Å². The van der Waals surface area contributed by atoms with Crippen LogP contribution in [0.25, 0.3) is 0 Å². The Balaban J connectivity index is 1.62. The van der Waals surface area contributed by atoms with Crippen LogP contribution in [0.1, 0.15) is 21.6 Å². The third-order valence-electron chi connectivity index (χ3n) is 3.72. The Kier molecular flexibility index (Phi) is 5.84. The van der Waals surface area contributed by atoms with E-state index >= 15 is 0 Å². The number of aromatic nitrogens is 1. The first kappa shape index (κ1) is 18.2. The highest BCUT2D eigenvalue weighted by Gasteiger charge is 2.07. The molecular formula is C20H18FN3O3. The van der Waals surface area contributed by atoms with Crippen molar-refractivity contribution >= 4 is 12.1 Å². The highest BCUT2D eigenvalue weighted by atomic mass is 19.1. The molecule has 2 aromatic carbocycles. The van der Waals surface area contributed by atoms with Crippen LogP contribution in [-0.2, 0) is 6.61 Å². The highest BCUT2D eigenvalue weighted by molar-refractivity contribution is 5.93. The van der Waals surface area contributed by atoms with Crippen LogP contribution in [0.5, 0.6) is 11.5 Å². The molecular weight excluding hydrogens is 349 g/mol. The summed E-state index contributed by atoms with van der Waals surface area (Å²) < 4.78 is 24.0. The first-order valence-corrected chi connectivity index (χ1v) is 8.18. The minimum absolute atomic E-state index is 0.288. The van der Waals surface area contributed by atoms with E-state index in [-0.39, 0.29) is 18.3 Å². The number of hydrogen-bond acceptors (Lipinski definition) is 4. The lowest BCUT2D eigenvalue weighted by Gasteiger charge is -2.11. The molecule has 0 saturated heterocycles. The van der Waals surface area contributed by atoms with Gasteiger partial charge in [0.15, 0.2) is 11.5 Å². The van der Waals surface area contributed by atoms with Gasteiger partial charge in [-0.3, -0.25) is 4.79 Å². The normalized spacial score (nSPS) is 10.7. The Labute approximate surface area is 155 Å². The number of hydrogen-bond donors (Lipinski definition) is 2. The second-order valence-electron chi connectivity index (χ2n) is 5.61. The molecule has 3 rings (SSSR count). The fourth-order valence-electron chi connectivity index (χ4n) is 2.32. The molecule has 27 heavy (non-hydrogen) atoms. The van der Waals surface area contributed by atoms with Crippen molar-refractivity contribution < 1.29 is 18.7 Å². The van der Waals surface area contributed by atoms with Crippen LogP contribution < -0.4 is 14.9 Å². The molecule has 2 N–H and O–H groups in total. The lowest BCUT2D eigenvalue weighted by molar-refractivity contribution is 0.0951. The Bertz CT molecular complexity index is 922. The largest absolute Gasteiger partial charge is 0.493 e. The summed E-state index contributed by atoms with van der Waals surface area (Å²) in [5.41, 5.74) is 4.43. The fraction of sp³-hybridized carbons (Fsp3) is 0.100. The third-order valence-corrected chi connectivity index (χ3v) is 3.72. The van der Waals surface area contributed by atoms with Crippen LogP contribution in [0.2, 0.25) is 0 Å². The molecule has 0 radical (unpaired) electrons. The number of carbonyl (C=O) groups excluding carboxylic acids is 1. The maximum atomic E-state index is 12.9. The van der Waals surface area contributed by atoms with Crippen LogP contribution >= 0.6 is 0 Å². The van der Waals surface area contributed by atoms with E-state index in [0.29, 0.717) is 17.2 Å². The van der Waals surface area contributed by atoms with Crippen molar-refractivity contribution in [1.82, 2.24) is 10.4 Å². The summed E-state index contributed by atoms with van der Waals surface area (Å²) in [6, 6.07) is 14.8. The van der Waals surface area contributed by atoms with Crippen LogP contribution in [-0.4, -0.2) is 24.2 Å². The summed E-state index contributed by atoms with van der Waals surface area (Å²) in [6.45, 7) is 0.288. The van der Waals surface area contributed by atoms with E-state index in [9.17, 15) is 9.18 Å². The number of benzene rings is 2. The molecule has 1 aromatic heterocycles. The number of ether oxygens (including phenoxy) is 2. The molecule has 1 amide bonds. The number of amides is 1. The van der Waals surface area contributed by atoms with Gasteiger partial charge in [-0.25, -0.2) is 9.82 Å². The van der Waals surface area contributed by atoms with Crippen molar-refractivity contribution in [3.05, 3.63) is 83.4 Å². The number of carbonyl (C=O) groups is 1. The van der Waals surface area contributed by atoms with Crippen molar-refractivity contribution in [3.8, 4) is 11.5 Å². The molecule has 7 heteroatoms. The zero-order valence-corrected chi connectivity index (χ0v) is 14.6. The zero-order valence-electron chi connectivity index (χ0n) is 14.6. The molecule has 0 bridgehead atoms. The van der Waals surface area contributed by atoms with E-state index in [1.165, 1.54) is 25.5 Å². The molecule has 1 heterocycles. The number of H-pyrrole nitrogens is 1. The van der Waals surface area contributed by atoms with Crippen LogP contribution in [0, 0.1) is 5.82 Å². The van der Waals surface area contributed by atoms with Crippen LogP contribution in [0.3, 0.4) is 0 Å². The second-order valence-corrected chi connectivity index (χ2v) is 5.61. The molecule has 138 valence electrons. The molecule has 0 spiro atoms. The smallest absolute Gasteiger partial charge is 0.287 e. The molecule has 0 saturated carbocycles. The lowest BCUT2D eigenvalue weighted by atomic mass is 10.2. The molecule has 6 nitrogen and oxygen atoms in total. The van der Waals surface area contributed by atoms with Crippen molar-refractivity contribution in [1.29, 1.82) is 0 Å². The highest BCUT2D eigenvalue weighted by Crippen LogP contribution is 2.28. The first-order chi connectivity index (χ1) is 13.2. The van der Waals surface area contributed by atoms with Gasteiger partial charge in [0, 0.05) is 6.20 Å². The number of hydrazone groups is 1. The molecule has 0 fully saturated rings. The number of methoxy groups -OCH3 is 1. The van der Waals surface area contributed by atoms with Gasteiger partial charge in [0.2, 0.25) is 0 Å². The quantitative estimate of drug-likeness (QED) is 0.496. The minimum Gasteiger partial charge on any atom is -0.493 e. The monoisotopic (exact) mass is 367 g/mol. The molecule has 0 unspecified atom stereocenters. The van der Waals surface area contributed by atoms with Gasteiger partial charge < -0.3 is 14.5 Å². The number of halogens is 1. The number of rotatable bonds is 7. The molecule has 0 atom stereocenters. The van der Waals surface area contributed by atoms with Crippen molar-refractivity contribution in [3.63, 3.8) is 0 Å².